The third-order valence-electron chi connectivity index (χ3n) is 1.99. The molecule has 0 aliphatic rings. The van der Waals surface area contributed by atoms with Crippen LogP contribution < -0.4 is 11.5 Å². The number of hydrogen-bond acceptors (Lipinski definition) is 5. The van der Waals surface area contributed by atoms with Gasteiger partial charge in [-0.15, -0.1) is 0 Å². The summed E-state index contributed by atoms with van der Waals surface area (Å²) in [7, 11) is 0. The van der Waals surface area contributed by atoms with Crippen molar-refractivity contribution in [3.05, 3.63) is 36.4 Å². The second-order valence-electron chi connectivity index (χ2n) is 3.10. The van der Waals surface area contributed by atoms with E-state index >= 15 is 0 Å². The highest BCUT2D eigenvalue weighted by Gasteiger charge is 2.10. The standard InChI is InChI=1S/C10H9N5O/c11-9-8(10(12)16)15-7(5-14-9)6-2-1-3-13-4-6/h1-5H,(H2,11,14)(H2,12,16). The van der Waals surface area contributed by atoms with E-state index in [4.69, 9.17) is 11.5 Å². The number of hydrogen-bond donors (Lipinski definition) is 2. The number of amides is 1. The van der Waals surface area contributed by atoms with Crippen LogP contribution in [0.1, 0.15) is 10.5 Å². The average molecular weight is 215 g/mol. The molecule has 0 aromatic carbocycles. The summed E-state index contributed by atoms with van der Waals surface area (Å²) in [5.41, 5.74) is 11.8. The summed E-state index contributed by atoms with van der Waals surface area (Å²) >= 11 is 0. The Morgan fingerprint density at radius 3 is 2.75 bits per heavy atom. The number of nitrogen functional groups attached to an aromatic ring is 1. The second-order valence-corrected chi connectivity index (χ2v) is 3.10. The van der Waals surface area contributed by atoms with Crippen molar-refractivity contribution in [1.82, 2.24) is 15.0 Å². The lowest BCUT2D eigenvalue weighted by Crippen LogP contribution is -2.17. The van der Waals surface area contributed by atoms with E-state index in [0.29, 0.717) is 5.69 Å². The largest absolute Gasteiger partial charge is 0.382 e. The Hall–Kier alpha value is -2.50. The van der Waals surface area contributed by atoms with E-state index in [1.807, 2.05) is 0 Å². The molecule has 0 spiro atoms. The van der Waals surface area contributed by atoms with Crippen LogP contribution in [0.4, 0.5) is 5.82 Å². The van der Waals surface area contributed by atoms with Crippen molar-refractivity contribution >= 4 is 11.7 Å². The van der Waals surface area contributed by atoms with Crippen LogP contribution in [0.15, 0.2) is 30.7 Å². The first-order chi connectivity index (χ1) is 7.68. The Labute approximate surface area is 91.4 Å². The molecule has 2 aromatic rings. The molecule has 80 valence electrons. The van der Waals surface area contributed by atoms with Gasteiger partial charge < -0.3 is 11.5 Å². The molecule has 0 bridgehead atoms. The third-order valence-corrected chi connectivity index (χ3v) is 1.99. The van der Waals surface area contributed by atoms with Gasteiger partial charge in [-0.05, 0) is 12.1 Å². The Morgan fingerprint density at radius 2 is 2.12 bits per heavy atom. The number of nitrogens with zero attached hydrogens (tertiary/aromatic N) is 3. The minimum atomic E-state index is -0.698. The molecule has 2 rings (SSSR count). The molecule has 0 saturated heterocycles. The molecule has 6 heteroatoms. The SMILES string of the molecule is NC(=O)c1nc(-c2cccnc2)cnc1N. The second kappa shape index (κ2) is 3.93. The molecule has 2 aromatic heterocycles. The Bertz CT molecular complexity index is 526. The molecule has 0 aliphatic heterocycles. The van der Waals surface area contributed by atoms with Crippen LogP contribution in [-0.4, -0.2) is 20.9 Å². The van der Waals surface area contributed by atoms with Gasteiger partial charge in [-0.1, -0.05) is 0 Å². The van der Waals surface area contributed by atoms with Crippen LogP contribution in [0.2, 0.25) is 0 Å². The number of primary amides is 1. The zero-order chi connectivity index (χ0) is 11.5. The van der Waals surface area contributed by atoms with Gasteiger partial charge in [-0.2, -0.15) is 0 Å². The molecule has 0 atom stereocenters. The first kappa shape index (κ1) is 10.0. The summed E-state index contributed by atoms with van der Waals surface area (Å²) in [5.74, 6) is -0.670. The highest BCUT2D eigenvalue weighted by atomic mass is 16.1. The number of pyridine rings is 1. The molecule has 0 radical (unpaired) electrons. The van der Waals surface area contributed by atoms with Gasteiger partial charge in [0.05, 0.1) is 11.9 Å². The van der Waals surface area contributed by atoms with Crippen LogP contribution in [0, 0.1) is 0 Å². The van der Waals surface area contributed by atoms with E-state index in [1.54, 1.807) is 24.5 Å². The monoisotopic (exact) mass is 215 g/mol. The van der Waals surface area contributed by atoms with Crippen molar-refractivity contribution in [1.29, 1.82) is 0 Å². The molecule has 4 N–H and O–H groups in total. The number of carbonyl (C=O) groups is 1. The van der Waals surface area contributed by atoms with Crippen molar-refractivity contribution in [2.45, 2.75) is 0 Å². The maximum absolute atomic E-state index is 11.0. The molecule has 0 aliphatic carbocycles. The quantitative estimate of drug-likeness (QED) is 0.744. The summed E-state index contributed by atoms with van der Waals surface area (Å²) in [6.45, 7) is 0. The average Bonchev–Trinajstić information content (AvgIpc) is 2.30. The van der Waals surface area contributed by atoms with E-state index < -0.39 is 5.91 Å². The van der Waals surface area contributed by atoms with Gasteiger partial charge in [-0.3, -0.25) is 9.78 Å². The summed E-state index contributed by atoms with van der Waals surface area (Å²) < 4.78 is 0. The molecule has 0 unspecified atom stereocenters. The molecular formula is C10H9N5O. The first-order valence-electron chi connectivity index (χ1n) is 4.51. The van der Waals surface area contributed by atoms with Crippen molar-refractivity contribution in [3.8, 4) is 11.3 Å². The number of carbonyl (C=O) groups excluding carboxylic acids is 1. The van der Waals surface area contributed by atoms with Crippen LogP contribution in [0.5, 0.6) is 0 Å². The highest BCUT2D eigenvalue weighted by molar-refractivity contribution is 5.95. The van der Waals surface area contributed by atoms with Gasteiger partial charge >= 0.3 is 0 Å². The third kappa shape index (κ3) is 1.81. The first-order valence-corrected chi connectivity index (χ1v) is 4.51. The van der Waals surface area contributed by atoms with Crippen molar-refractivity contribution in [2.75, 3.05) is 5.73 Å². The molecule has 1 amide bonds. The van der Waals surface area contributed by atoms with Gasteiger partial charge in [0.15, 0.2) is 11.5 Å². The molecule has 16 heavy (non-hydrogen) atoms. The lowest BCUT2D eigenvalue weighted by Gasteiger charge is -2.03. The minimum absolute atomic E-state index is 0.0265. The number of aromatic nitrogens is 3. The van der Waals surface area contributed by atoms with Crippen LogP contribution in [0.3, 0.4) is 0 Å². The fraction of sp³-hybridized carbons (Fsp3) is 0. The zero-order valence-corrected chi connectivity index (χ0v) is 8.29. The van der Waals surface area contributed by atoms with E-state index in [2.05, 4.69) is 15.0 Å². The fourth-order valence-electron chi connectivity index (χ4n) is 1.23. The Balaban J connectivity index is 2.52. The summed E-state index contributed by atoms with van der Waals surface area (Å²) in [6.07, 6.45) is 4.73. The zero-order valence-electron chi connectivity index (χ0n) is 8.29. The normalized spacial score (nSPS) is 10.0. The van der Waals surface area contributed by atoms with E-state index in [9.17, 15) is 4.79 Å². The lowest BCUT2D eigenvalue weighted by atomic mass is 10.2. The van der Waals surface area contributed by atoms with Gasteiger partial charge in [0.1, 0.15) is 0 Å². The van der Waals surface area contributed by atoms with Gasteiger partial charge in [0, 0.05) is 18.0 Å². The van der Waals surface area contributed by atoms with Crippen molar-refractivity contribution < 1.29 is 4.79 Å². The summed E-state index contributed by atoms with van der Waals surface area (Å²) in [5, 5.41) is 0. The molecular weight excluding hydrogens is 206 g/mol. The maximum atomic E-state index is 11.0. The van der Waals surface area contributed by atoms with Gasteiger partial charge in [0.25, 0.3) is 5.91 Å². The number of rotatable bonds is 2. The fourth-order valence-corrected chi connectivity index (χ4v) is 1.23. The topological polar surface area (TPSA) is 108 Å². The van der Waals surface area contributed by atoms with E-state index in [0.717, 1.165) is 5.56 Å². The van der Waals surface area contributed by atoms with Gasteiger partial charge in [-0.25, -0.2) is 9.97 Å². The molecule has 2 heterocycles. The predicted octanol–water partition coefficient (Wildman–Crippen LogP) is 0.220. The van der Waals surface area contributed by atoms with Crippen LogP contribution in [0.25, 0.3) is 11.3 Å². The van der Waals surface area contributed by atoms with E-state index in [1.165, 1.54) is 6.20 Å². The summed E-state index contributed by atoms with van der Waals surface area (Å²) in [4.78, 5) is 22.9. The van der Waals surface area contributed by atoms with Gasteiger partial charge in [0.2, 0.25) is 0 Å². The molecule has 0 saturated carbocycles. The predicted molar refractivity (Wildman–Crippen MR) is 58.2 cm³/mol. The maximum Gasteiger partial charge on any atom is 0.271 e. The highest BCUT2D eigenvalue weighted by Crippen LogP contribution is 2.16. The molecule has 6 nitrogen and oxygen atoms in total. The number of nitrogens with two attached hydrogens (primary N) is 2. The number of anilines is 1. The smallest absolute Gasteiger partial charge is 0.271 e. The lowest BCUT2D eigenvalue weighted by molar-refractivity contribution is 0.0996. The molecule has 0 fully saturated rings. The van der Waals surface area contributed by atoms with Crippen molar-refractivity contribution in [3.63, 3.8) is 0 Å². The van der Waals surface area contributed by atoms with Crippen LogP contribution in [-0.2, 0) is 0 Å². The Morgan fingerprint density at radius 1 is 1.31 bits per heavy atom. The van der Waals surface area contributed by atoms with E-state index in [-0.39, 0.29) is 11.5 Å². The van der Waals surface area contributed by atoms with Crippen LogP contribution >= 0.6 is 0 Å². The summed E-state index contributed by atoms with van der Waals surface area (Å²) in [6, 6.07) is 3.56. The van der Waals surface area contributed by atoms with Crippen molar-refractivity contribution in [2.24, 2.45) is 5.73 Å². The Kier molecular flexibility index (Phi) is 2.47. The minimum Gasteiger partial charge on any atom is -0.382 e.